The number of aryl methyl sites for hydroxylation is 2. The van der Waals surface area contributed by atoms with E-state index in [1.54, 1.807) is 0 Å². The Bertz CT molecular complexity index is 868. The Morgan fingerprint density at radius 3 is 2.19 bits per heavy atom. The van der Waals surface area contributed by atoms with Crippen LogP contribution in [0.15, 0.2) is 42.5 Å². The molecule has 2 aliphatic carbocycles. The summed E-state index contributed by atoms with van der Waals surface area (Å²) in [5.74, 6) is 0.623. The quantitative estimate of drug-likeness (QED) is 0.445. The molecule has 0 N–H and O–H groups in total. The van der Waals surface area contributed by atoms with Gasteiger partial charge in [-0.3, -0.25) is 4.90 Å². The minimum absolute atomic E-state index is 0.127. The number of hydrogen-bond donors (Lipinski definition) is 0. The maximum Gasteiger partial charge on any atom is 0.0464 e. The fraction of sp³-hybridized carbons (Fsp3) is 0.571. The van der Waals surface area contributed by atoms with Gasteiger partial charge in [0.1, 0.15) is 0 Å². The Morgan fingerprint density at radius 1 is 1.00 bits per heavy atom. The van der Waals surface area contributed by atoms with Crippen molar-refractivity contribution in [3.8, 4) is 0 Å². The number of benzene rings is 2. The Hall–Kier alpha value is -1.51. The summed E-state index contributed by atoms with van der Waals surface area (Å²) in [4.78, 5) is 5.43. The van der Waals surface area contributed by atoms with E-state index >= 15 is 0 Å². The molecule has 0 radical (unpaired) electrons. The standard InChI is InChI=1S/C28H39ClN2/c1-6-15-31(26-17-20(2)16-21(3)18-26)27-13-14-28(19-22(27)4,30(5)25-11-12-25)23-7-9-24(29)10-8-23/h7-10,16-18,22,25,27H,6,11-15,19H2,1-5H3. The van der Waals surface area contributed by atoms with E-state index < -0.39 is 0 Å². The van der Waals surface area contributed by atoms with Crippen LogP contribution in [0.25, 0.3) is 0 Å². The summed E-state index contributed by atoms with van der Waals surface area (Å²) in [6.07, 6.45) is 7.51. The molecule has 0 amide bonds. The summed E-state index contributed by atoms with van der Waals surface area (Å²) >= 11 is 6.25. The van der Waals surface area contributed by atoms with Crippen LogP contribution in [0.3, 0.4) is 0 Å². The molecular formula is C28H39ClN2. The number of rotatable bonds is 7. The second-order valence-corrected chi connectivity index (χ2v) is 10.6. The van der Waals surface area contributed by atoms with Gasteiger partial charge in [0.25, 0.3) is 0 Å². The van der Waals surface area contributed by atoms with Crippen LogP contribution in [0.1, 0.15) is 69.1 Å². The van der Waals surface area contributed by atoms with Gasteiger partial charge in [-0.05, 0) is 106 Å². The predicted molar refractivity (Wildman–Crippen MR) is 134 cm³/mol. The molecule has 2 fully saturated rings. The van der Waals surface area contributed by atoms with Gasteiger partial charge in [0, 0.05) is 34.9 Å². The molecule has 2 saturated carbocycles. The fourth-order valence-corrected chi connectivity index (χ4v) is 6.23. The van der Waals surface area contributed by atoms with E-state index in [-0.39, 0.29) is 5.54 Å². The lowest BCUT2D eigenvalue weighted by Crippen LogP contribution is -2.54. The first-order valence-corrected chi connectivity index (χ1v) is 12.6. The third kappa shape index (κ3) is 4.66. The van der Waals surface area contributed by atoms with E-state index in [1.165, 1.54) is 60.9 Å². The van der Waals surface area contributed by atoms with Crippen LogP contribution in [0.5, 0.6) is 0 Å². The lowest BCUT2D eigenvalue weighted by molar-refractivity contribution is 0.0353. The number of anilines is 1. The second kappa shape index (κ2) is 9.16. The van der Waals surface area contributed by atoms with Crippen molar-refractivity contribution in [2.75, 3.05) is 18.5 Å². The molecule has 3 heteroatoms. The van der Waals surface area contributed by atoms with Crippen LogP contribution in [0.4, 0.5) is 5.69 Å². The Labute approximate surface area is 194 Å². The Kier molecular flexibility index (Phi) is 6.70. The first-order valence-electron chi connectivity index (χ1n) is 12.2. The molecule has 4 rings (SSSR count). The molecule has 168 valence electrons. The zero-order valence-corrected chi connectivity index (χ0v) is 20.8. The normalized spacial score (nSPS) is 26.3. The van der Waals surface area contributed by atoms with E-state index in [0.717, 1.165) is 17.6 Å². The summed E-state index contributed by atoms with van der Waals surface area (Å²) in [6.45, 7) is 10.4. The molecule has 0 heterocycles. The molecule has 2 nitrogen and oxygen atoms in total. The van der Waals surface area contributed by atoms with Crippen molar-refractivity contribution >= 4 is 17.3 Å². The second-order valence-electron chi connectivity index (χ2n) is 10.2. The van der Waals surface area contributed by atoms with Gasteiger partial charge in [-0.15, -0.1) is 0 Å². The molecular weight excluding hydrogens is 400 g/mol. The Morgan fingerprint density at radius 2 is 1.65 bits per heavy atom. The molecule has 0 saturated heterocycles. The third-order valence-corrected chi connectivity index (χ3v) is 7.98. The zero-order chi connectivity index (χ0) is 22.2. The minimum Gasteiger partial charge on any atom is -0.368 e. The van der Waals surface area contributed by atoms with Crippen molar-refractivity contribution in [2.24, 2.45) is 5.92 Å². The number of halogens is 1. The maximum atomic E-state index is 6.25. The average Bonchev–Trinajstić information content (AvgIpc) is 3.57. The highest BCUT2D eigenvalue weighted by Gasteiger charge is 2.48. The molecule has 0 aromatic heterocycles. The van der Waals surface area contributed by atoms with Crippen LogP contribution >= 0.6 is 11.6 Å². The van der Waals surface area contributed by atoms with Crippen molar-refractivity contribution in [2.45, 2.75) is 83.8 Å². The highest BCUT2D eigenvalue weighted by atomic mass is 35.5. The summed E-state index contributed by atoms with van der Waals surface area (Å²) in [5, 5.41) is 0.832. The monoisotopic (exact) mass is 438 g/mol. The first-order chi connectivity index (χ1) is 14.8. The van der Waals surface area contributed by atoms with Crippen LogP contribution in [-0.2, 0) is 5.54 Å². The first kappa shape index (κ1) is 22.7. The highest BCUT2D eigenvalue weighted by molar-refractivity contribution is 6.30. The minimum atomic E-state index is 0.127. The van der Waals surface area contributed by atoms with E-state index in [2.05, 4.69) is 87.0 Å². The van der Waals surface area contributed by atoms with E-state index in [4.69, 9.17) is 11.6 Å². The summed E-state index contributed by atoms with van der Waals surface area (Å²) in [5.41, 5.74) is 5.71. The molecule has 0 bridgehead atoms. The SMILES string of the molecule is CCCN(c1cc(C)cc(C)c1)C1CCC(c2ccc(Cl)cc2)(N(C)C2CC2)CC1C. The van der Waals surface area contributed by atoms with Crippen LogP contribution < -0.4 is 4.90 Å². The molecule has 2 aromatic rings. The molecule has 2 aromatic carbocycles. The van der Waals surface area contributed by atoms with Crippen molar-refractivity contribution in [1.82, 2.24) is 4.90 Å². The largest absolute Gasteiger partial charge is 0.368 e. The average molecular weight is 439 g/mol. The van der Waals surface area contributed by atoms with Gasteiger partial charge in [-0.1, -0.05) is 43.6 Å². The van der Waals surface area contributed by atoms with Crippen molar-refractivity contribution in [3.05, 3.63) is 64.2 Å². The molecule has 0 aliphatic heterocycles. The predicted octanol–water partition coefficient (Wildman–Crippen LogP) is 7.35. The summed E-state index contributed by atoms with van der Waals surface area (Å²) in [7, 11) is 2.37. The summed E-state index contributed by atoms with van der Waals surface area (Å²) in [6, 6.07) is 17.1. The van der Waals surface area contributed by atoms with Gasteiger partial charge in [-0.2, -0.15) is 0 Å². The van der Waals surface area contributed by atoms with Crippen molar-refractivity contribution < 1.29 is 0 Å². The van der Waals surface area contributed by atoms with Gasteiger partial charge >= 0.3 is 0 Å². The number of hydrogen-bond acceptors (Lipinski definition) is 2. The fourth-order valence-electron chi connectivity index (χ4n) is 6.11. The zero-order valence-electron chi connectivity index (χ0n) is 20.0. The smallest absolute Gasteiger partial charge is 0.0464 e. The molecule has 3 atom stereocenters. The van der Waals surface area contributed by atoms with Gasteiger partial charge in [0.05, 0.1) is 0 Å². The van der Waals surface area contributed by atoms with Gasteiger partial charge in [0.2, 0.25) is 0 Å². The lowest BCUT2D eigenvalue weighted by Gasteiger charge is -2.52. The topological polar surface area (TPSA) is 6.48 Å². The van der Waals surface area contributed by atoms with Gasteiger partial charge < -0.3 is 4.90 Å². The molecule has 0 spiro atoms. The van der Waals surface area contributed by atoms with Gasteiger partial charge in [-0.25, -0.2) is 0 Å². The van der Waals surface area contributed by atoms with Crippen LogP contribution in [0.2, 0.25) is 5.02 Å². The van der Waals surface area contributed by atoms with E-state index in [0.29, 0.717) is 12.0 Å². The number of nitrogens with zero attached hydrogens (tertiary/aromatic N) is 2. The summed E-state index contributed by atoms with van der Waals surface area (Å²) < 4.78 is 0. The molecule has 31 heavy (non-hydrogen) atoms. The van der Waals surface area contributed by atoms with Gasteiger partial charge in [0.15, 0.2) is 0 Å². The van der Waals surface area contributed by atoms with E-state index in [1.807, 2.05) is 0 Å². The molecule has 3 unspecified atom stereocenters. The van der Waals surface area contributed by atoms with Crippen molar-refractivity contribution in [1.29, 1.82) is 0 Å². The molecule has 2 aliphatic rings. The maximum absolute atomic E-state index is 6.25. The highest BCUT2D eigenvalue weighted by Crippen LogP contribution is 2.49. The van der Waals surface area contributed by atoms with E-state index in [9.17, 15) is 0 Å². The third-order valence-electron chi connectivity index (χ3n) is 7.72. The van der Waals surface area contributed by atoms with Crippen molar-refractivity contribution in [3.63, 3.8) is 0 Å². The van der Waals surface area contributed by atoms with Crippen LogP contribution in [-0.4, -0.2) is 30.6 Å². The Balaban J connectivity index is 1.64. The lowest BCUT2D eigenvalue weighted by atomic mass is 9.68. The van der Waals surface area contributed by atoms with Crippen LogP contribution in [0, 0.1) is 19.8 Å².